The third-order valence-corrected chi connectivity index (χ3v) is 4.83. The molecule has 1 aromatic rings. The molecular formula is C18H28ClFN2. The van der Waals surface area contributed by atoms with Crippen LogP contribution in [0.1, 0.15) is 45.6 Å². The van der Waals surface area contributed by atoms with E-state index in [1.54, 1.807) is 0 Å². The Labute approximate surface area is 139 Å². The van der Waals surface area contributed by atoms with E-state index in [0.717, 1.165) is 44.2 Å². The Morgan fingerprint density at radius 3 is 2.27 bits per heavy atom. The molecule has 4 heteroatoms. The number of nitrogens with zero attached hydrogens (tertiary/aromatic N) is 2. The first-order chi connectivity index (χ1) is 10.4. The van der Waals surface area contributed by atoms with E-state index in [1.807, 2.05) is 26.0 Å². The molecule has 0 saturated carbocycles. The monoisotopic (exact) mass is 326 g/mol. The van der Waals surface area contributed by atoms with E-state index in [4.69, 9.17) is 11.6 Å². The first kappa shape index (κ1) is 17.6. The minimum absolute atomic E-state index is 0.240. The van der Waals surface area contributed by atoms with E-state index >= 15 is 0 Å². The Morgan fingerprint density at radius 1 is 1.09 bits per heavy atom. The first-order valence-electron chi connectivity index (χ1n) is 8.35. The molecule has 1 saturated heterocycles. The summed E-state index contributed by atoms with van der Waals surface area (Å²) in [7, 11) is 0. The van der Waals surface area contributed by atoms with Crippen LogP contribution in [0.25, 0.3) is 0 Å². The fourth-order valence-electron chi connectivity index (χ4n) is 2.90. The van der Waals surface area contributed by atoms with E-state index in [1.165, 1.54) is 6.42 Å². The quantitative estimate of drug-likeness (QED) is 0.769. The number of piperazine rings is 1. The molecule has 1 fully saturated rings. The maximum atomic E-state index is 14.6. The molecule has 1 aliphatic rings. The van der Waals surface area contributed by atoms with Gasteiger partial charge in [0.2, 0.25) is 0 Å². The number of anilines is 1. The van der Waals surface area contributed by atoms with Crippen molar-refractivity contribution in [1.82, 2.24) is 4.90 Å². The second-order valence-electron chi connectivity index (χ2n) is 6.97. The lowest BCUT2D eigenvalue weighted by Gasteiger charge is -2.36. The van der Waals surface area contributed by atoms with Gasteiger partial charge >= 0.3 is 0 Å². The maximum absolute atomic E-state index is 14.6. The summed E-state index contributed by atoms with van der Waals surface area (Å²) in [6.07, 6.45) is 1.23. The van der Waals surface area contributed by atoms with Crippen LogP contribution in [-0.4, -0.2) is 37.6 Å². The van der Waals surface area contributed by atoms with Crippen molar-refractivity contribution in [2.75, 3.05) is 37.6 Å². The summed E-state index contributed by atoms with van der Waals surface area (Å²) in [4.78, 5) is 4.59. The van der Waals surface area contributed by atoms with Crippen LogP contribution in [0, 0.1) is 11.7 Å². The van der Waals surface area contributed by atoms with Gasteiger partial charge in [0.15, 0.2) is 5.82 Å². The van der Waals surface area contributed by atoms with Crippen LogP contribution in [0.15, 0.2) is 12.1 Å². The molecule has 0 aliphatic carbocycles. The van der Waals surface area contributed by atoms with Crippen molar-refractivity contribution in [1.29, 1.82) is 0 Å². The van der Waals surface area contributed by atoms with E-state index in [-0.39, 0.29) is 16.8 Å². The van der Waals surface area contributed by atoms with E-state index in [2.05, 4.69) is 23.6 Å². The Morgan fingerprint density at radius 2 is 1.73 bits per heavy atom. The predicted molar refractivity (Wildman–Crippen MR) is 93.6 cm³/mol. The lowest BCUT2D eigenvalue weighted by atomic mass is 10.0. The first-order valence-corrected chi connectivity index (χ1v) is 8.73. The van der Waals surface area contributed by atoms with Crippen molar-refractivity contribution in [3.8, 4) is 0 Å². The summed E-state index contributed by atoms with van der Waals surface area (Å²) >= 11 is 6.21. The Kier molecular flexibility index (Phi) is 6.10. The lowest BCUT2D eigenvalue weighted by molar-refractivity contribution is 0.243. The molecule has 2 nitrogen and oxygen atoms in total. The molecule has 0 aromatic heterocycles. The summed E-state index contributed by atoms with van der Waals surface area (Å²) in [5.74, 6) is 0.713. The van der Waals surface area contributed by atoms with Gasteiger partial charge in [0, 0.05) is 26.2 Å². The molecule has 124 valence electrons. The molecule has 0 N–H and O–H groups in total. The highest BCUT2D eigenvalue weighted by Crippen LogP contribution is 2.33. The molecule has 1 aliphatic heterocycles. The van der Waals surface area contributed by atoms with Gasteiger partial charge in [-0.25, -0.2) is 4.39 Å². The Hall–Kier alpha value is -0.800. The summed E-state index contributed by atoms with van der Waals surface area (Å²) < 4.78 is 14.6. The third-order valence-electron chi connectivity index (χ3n) is 4.45. The minimum atomic E-state index is -0.261. The summed E-state index contributed by atoms with van der Waals surface area (Å²) in [5.41, 5.74) is 1.54. The fourth-order valence-corrected chi connectivity index (χ4v) is 3.28. The van der Waals surface area contributed by atoms with Crippen molar-refractivity contribution < 1.29 is 4.39 Å². The highest BCUT2D eigenvalue weighted by molar-refractivity contribution is 6.31. The van der Waals surface area contributed by atoms with Gasteiger partial charge in [-0.15, -0.1) is 0 Å². The highest BCUT2D eigenvalue weighted by Gasteiger charge is 2.22. The van der Waals surface area contributed by atoms with Crippen LogP contribution in [0.2, 0.25) is 5.02 Å². The lowest BCUT2D eigenvalue weighted by Crippen LogP contribution is -2.47. The average Bonchev–Trinajstić information content (AvgIpc) is 2.48. The molecule has 22 heavy (non-hydrogen) atoms. The van der Waals surface area contributed by atoms with Gasteiger partial charge in [0.05, 0.1) is 10.7 Å². The number of halogens is 2. The predicted octanol–water partition coefficient (Wildman–Crippen LogP) is 4.77. The van der Waals surface area contributed by atoms with Crippen molar-refractivity contribution in [3.63, 3.8) is 0 Å². The van der Waals surface area contributed by atoms with Crippen LogP contribution >= 0.6 is 11.6 Å². The summed E-state index contributed by atoms with van der Waals surface area (Å²) in [5, 5.41) is 0.287. The molecule has 0 spiro atoms. The topological polar surface area (TPSA) is 6.48 Å². The zero-order chi connectivity index (χ0) is 16.3. The van der Waals surface area contributed by atoms with Gasteiger partial charge in [-0.1, -0.05) is 45.4 Å². The number of benzene rings is 1. The molecule has 0 amide bonds. The van der Waals surface area contributed by atoms with Gasteiger partial charge in [-0.05, 0) is 36.4 Å². The molecule has 0 radical (unpaired) electrons. The second kappa shape index (κ2) is 7.65. The van der Waals surface area contributed by atoms with Crippen molar-refractivity contribution in [2.24, 2.45) is 5.92 Å². The fraction of sp³-hybridized carbons (Fsp3) is 0.667. The molecule has 0 unspecified atom stereocenters. The SMILES string of the molecule is CC(C)CCN1CCN(c2ccc(C(C)C)c(Cl)c2F)CC1. The standard InChI is InChI=1S/C18H28ClFN2/c1-13(2)7-8-21-9-11-22(12-10-21)16-6-5-15(14(3)4)17(19)18(16)20/h5-6,13-14H,7-12H2,1-4H3. The largest absolute Gasteiger partial charge is 0.367 e. The zero-order valence-electron chi connectivity index (χ0n) is 14.2. The Balaban J connectivity index is 2.01. The molecule has 0 atom stereocenters. The normalized spacial score (nSPS) is 16.8. The Bertz CT molecular complexity index is 494. The van der Waals surface area contributed by atoms with Gasteiger partial charge in [0.1, 0.15) is 0 Å². The van der Waals surface area contributed by atoms with Crippen molar-refractivity contribution >= 4 is 17.3 Å². The van der Waals surface area contributed by atoms with Crippen LogP contribution in [0.5, 0.6) is 0 Å². The molecule has 1 heterocycles. The van der Waals surface area contributed by atoms with Crippen LogP contribution in [0.4, 0.5) is 10.1 Å². The maximum Gasteiger partial charge on any atom is 0.165 e. The third kappa shape index (κ3) is 4.14. The smallest absolute Gasteiger partial charge is 0.165 e. The minimum Gasteiger partial charge on any atom is -0.367 e. The average molecular weight is 327 g/mol. The van der Waals surface area contributed by atoms with Crippen molar-refractivity contribution in [2.45, 2.75) is 40.0 Å². The van der Waals surface area contributed by atoms with Gasteiger partial charge < -0.3 is 4.90 Å². The van der Waals surface area contributed by atoms with Crippen LogP contribution in [0.3, 0.4) is 0 Å². The molecule has 2 rings (SSSR count). The summed E-state index contributed by atoms with van der Waals surface area (Å²) in [6, 6.07) is 3.86. The summed E-state index contributed by atoms with van der Waals surface area (Å²) in [6.45, 7) is 13.4. The van der Waals surface area contributed by atoms with Gasteiger partial charge in [-0.2, -0.15) is 0 Å². The molecule has 1 aromatic carbocycles. The highest BCUT2D eigenvalue weighted by atomic mass is 35.5. The van der Waals surface area contributed by atoms with Crippen molar-refractivity contribution in [3.05, 3.63) is 28.5 Å². The van der Waals surface area contributed by atoms with Crippen LogP contribution in [-0.2, 0) is 0 Å². The number of hydrogen-bond acceptors (Lipinski definition) is 2. The number of hydrogen-bond donors (Lipinski definition) is 0. The van der Waals surface area contributed by atoms with E-state index in [9.17, 15) is 4.39 Å². The van der Waals surface area contributed by atoms with E-state index in [0.29, 0.717) is 5.69 Å². The van der Waals surface area contributed by atoms with E-state index < -0.39 is 0 Å². The molecule has 0 bridgehead atoms. The second-order valence-corrected chi connectivity index (χ2v) is 7.35. The molecular weight excluding hydrogens is 299 g/mol. The zero-order valence-corrected chi connectivity index (χ0v) is 15.0. The number of rotatable bonds is 5. The van der Waals surface area contributed by atoms with Crippen LogP contribution < -0.4 is 4.90 Å². The van der Waals surface area contributed by atoms with Gasteiger partial charge in [-0.3, -0.25) is 4.90 Å². The van der Waals surface area contributed by atoms with Gasteiger partial charge in [0.25, 0.3) is 0 Å².